The zero-order chi connectivity index (χ0) is 17.3. The molecule has 0 radical (unpaired) electrons. The number of carbonyl (C=O) groups excluding carboxylic acids is 1. The third kappa shape index (κ3) is 3.90. The molecule has 0 spiro atoms. The molecule has 1 atom stereocenters. The molecule has 0 amide bonds. The van der Waals surface area contributed by atoms with Crippen molar-refractivity contribution < 1.29 is 23.4 Å². The summed E-state index contributed by atoms with van der Waals surface area (Å²) in [6.07, 6.45) is 0.824. The van der Waals surface area contributed by atoms with Crippen LogP contribution in [-0.4, -0.2) is 31.7 Å². The summed E-state index contributed by atoms with van der Waals surface area (Å²) in [4.78, 5) is 11.7. The molecule has 1 aromatic carbocycles. The smallest absolute Gasteiger partial charge is 0.467 e. The average molecular weight is 450 g/mol. The highest BCUT2D eigenvalue weighted by atomic mass is 127. The summed E-state index contributed by atoms with van der Waals surface area (Å²) < 4.78 is 23.0. The van der Waals surface area contributed by atoms with E-state index in [9.17, 15) is 4.79 Å². The van der Waals surface area contributed by atoms with E-state index >= 15 is 0 Å². The van der Waals surface area contributed by atoms with E-state index in [1.165, 1.54) is 0 Å². The van der Waals surface area contributed by atoms with Gasteiger partial charge in [0.1, 0.15) is 18.5 Å². The zero-order valence-electron chi connectivity index (χ0n) is 13.9. The Morgan fingerprint density at radius 1 is 1.26 bits per heavy atom. The summed E-state index contributed by atoms with van der Waals surface area (Å²) in [5, 5.41) is 0. The van der Waals surface area contributed by atoms with Crippen molar-refractivity contribution in [1.29, 1.82) is 0 Å². The number of rotatable bonds is 6. The minimum absolute atomic E-state index is 0.275. The fraction of sp³-hybridized carbons (Fsp3) is 0.533. The lowest BCUT2D eigenvalue weighted by atomic mass is 9.74. The van der Waals surface area contributed by atoms with Crippen LogP contribution in [0.3, 0.4) is 0 Å². The van der Waals surface area contributed by atoms with Crippen LogP contribution in [0.4, 0.5) is 0 Å². The Hall–Kier alpha value is -0.205. The van der Waals surface area contributed by atoms with E-state index in [2.05, 4.69) is 22.0 Å². The van der Waals surface area contributed by atoms with Crippen LogP contribution in [0.15, 0.2) is 12.1 Å². The van der Waals surface area contributed by atoms with E-state index in [-0.39, 0.29) is 6.45 Å². The maximum Gasteiger partial charge on any atom is 0.495 e. The predicted octanol–water partition coefficient (Wildman–Crippen LogP) is 3.27. The molecule has 1 aromatic rings. The van der Waals surface area contributed by atoms with Gasteiger partial charge in [-0.05, 0) is 72.9 Å². The number of methoxy groups -OCH3 is 1. The van der Waals surface area contributed by atoms with Crippen LogP contribution in [0.5, 0.6) is 5.75 Å². The molecule has 0 aliphatic carbocycles. The Balaban J connectivity index is 2.50. The molecule has 0 bridgehead atoms. The van der Waals surface area contributed by atoms with Crippen LogP contribution >= 0.6 is 28.5 Å². The molecule has 126 valence electrons. The summed E-state index contributed by atoms with van der Waals surface area (Å²) in [5.74, 6) is 0.681. The van der Waals surface area contributed by atoms with Crippen molar-refractivity contribution in [3.8, 4) is 5.75 Å². The number of carbonyl (C=O) groups is 1. The number of halogens is 1. The van der Waals surface area contributed by atoms with Gasteiger partial charge >= 0.3 is 7.12 Å². The number of hydrogen-bond acceptors (Lipinski definition) is 5. The van der Waals surface area contributed by atoms with Gasteiger partial charge in [-0.2, -0.15) is 0 Å². The fourth-order valence-electron chi connectivity index (χ4n) is 2.39. The van der Waals surface area contributed by atoms with Gasteiger partial charge in [0.15, 0.2) is 0 Å². The molecule has 1 unspecified atom stereocenters. The molecule has 1 aliphatic heterocycles. The van der Waals surface area contributed by atoms with Crippen molar-refractivity contribution >= 4 is 47.4 Å². The third-order valence-electron chi connectivity index (χ3n) is 4.35. The topological polar surface area (TPSA) is 54.0 Å². The standard InChI is InChI=1S/C15H21BIO5P/c1-14(2)15(3,4)22-16(21-14)13-7-11(20-23-17)6-10(9-19-5)12(13)8-18/h6-8,23H,9H2,1-5H3. The average Bonchev–Trinajstić information content (AvgIpc) is 2.67. The second-order valence-corrected chi connectivity index (χ2v) is 8.08. The molecular formula is C15H21BIO5P. The minimum Gasteiger partial charge on any atom is -0.467 e. The highest BCUT2D eigenvalue weighted by Crippen LogP contribution is 2.37. The Morgan fingerprint density at radius 3 is 2.35 bits per heavy atom. The van der Waals surface area contributed by atoms with Gasteiger partial charge in [-0.15, -0.1) is 0 Å². The number of hydrogen-bond donors (Lipinski definition) is 0. The molecule has 0 N–H and O–H groups in total. The highest BCUT2D eigenvalue weighted by molar-refractivity contribution is 14.2. The second-order valence-electron chi connectivity index (χ2n) is 6.40. The van der Waals surface area contributed by atoms with Crippen molar-refractivity contribution in [1.82, 2.24) is 0 Å². The van der Waals surface area contributed by atoms with E-state index < -0.39 is 18.3 Å². The second kappa shape index (κ2) is 7.36. The first-order valence-electron chi connectivity index (χ1n) is 7.25. The van der Waals surface area contributed by atoms with Crippen LogP contribution in [0, 0.1) is 0 Å². The summed E-state index contributed by atoms with van der Waals surface area (Å²) in [5.41, 5.74) is 1.04. The third-order valence-corrected chi connectivity index (χ3v) is 5.33. The number of benzene rings is 1. The molecule has 0 aromatic heterocycles. The first-order chi connectivity index (χ1) is 10.8. The van der Waals surface area contributed by atoms with E-state index in [4.69, 9.17) is 18.6 Å². The summed E-state index contributed by atoms with van der Waals surface area (Å²) >= 11 is 2.16. The summed E-state index contributed by atoms with van der Waals surface area (Å²) in [6, 6.07) is 3.64. The van der Waals surface area contributed by atoms with Crippen molar-refractivity contribution in [2.45, 2.75) is 45.5 Å². The summed E-state index contributed by atoms with van der Waals surface area (Å²) in [7, 11) is 0.980. The Morgan fingerprint density at radius 2 is 1.87 bits per heavy atom. The highest BCUT2D eigenvalue weighted by Gasteiger charge is 2.52. The number of aldehydes is 1. The molecule has 2 rings (SSSR count). The largest absolute Gasteiger partial charge is 0.495 e. The molecule has 23 heavy (non-hydrogen) atoms. The first-order valence-corrected chi connectivity index (χ1v) is 11.3. The first kappa shape index (κ1) is 19.1. The molecule has 8 heteroatoms. The molecule has 0 saturated carbocycles. The lowest BCUT2D eigenvalue weighted by molar-refractivity contribution is 0.00578. The van der Waals surface area contributed by atoms with Crippen LogP contribution in [0.25, 0.3) is 0 Å². The van der Waals surface area contributed by atoms with Crippen molar-refractivity contribution in [3.05, 3.63) is 23.3 Å². The normalized spacial score (nSPS) is 19.5. The Labute approximate surface area is 152 Å². The van der Waals surface area contributed by atoms with Crippen LogP contribution in [0.1, 0.15) is 43.6 Å². The Bertz CT molecular complexity index is 577. The molecule has 1 fully saturated rings. The quantitative estimate of drug-likeness (QED) is 0.289. The Kier molecular flexibility index (Phi) is 6.12. The van der Waals surface area contributed by atoms with Gasteiger partial charge in [-0.1, -0.05) is 0 Å². The van der Waals surface area contributed by atoms with E-state index in [0.717, 1.165) is 11.8 Å². The predicted molar refractivity (Wildman–Crippen MR) is 101 cm³/mol. The van der Waals surface area contributed by atoms with Gasteiger partial charge in [-0.3, -0.25) is 4.79 Å². The zero-order valence-corrected chi connectivity index (χ0v) is 17.1. The maximum absolute atomic E-state index is 11.7. The van der Waals surface area contributed by atoms with Gasteiger partial charge in [0.2, 0.25) is 0 Å². The molecule has 5 nitrogen and oxygen atoms in total. The monoisotopic (exact) mass is 450 g/mol. The lowest BCUT2D eigenvalue weighted by Crippen LogP contribution is -2.41. The van der Waals surface area contributed by atoms with E-state index in [1.807, 2.05) is 39.8 Å². The van der Waals surface area contributed by atoms with Crippen LogP contribution < -0.4 is 9.99 Å². The molecule has 1 saturated heterocycles. The lowest BCUT2D eigenvalue weighted by Gasteiger charge is -2.32. The fourth-order valence-corrected chi connectivity index (χ4v) is 3.36. The summed E-state index contributed by atoms with van der Waals surface area (Å²) in [6.45, 7) is 8.53. The van der Waals surface area contributed by atoms with Crippen LogP contribution in [-0.2, 0) is 20.7 Å². The minimum atomic E-state index is -0.614. The van der Waals surface area contributed by atoms with Crippen molar-refractivity contribution in [2.75, 3.05) is 7.11 Å². The van der Waals surface area contributed by atoms with Gasteiger partial charge in [-0.25, -0.2) is 0 Å². The van der Waals surface area contributed by atoms with Crippen molar-refractivity contribution in [2.24, 2.45) is 0 Å². The maximum atomic E-state index is 11.7. The number of ether oxygens (including phenoxy) is 1. The molecule has 1 aliphatic rings. The van der Waals surface area contributed by atoms with Crippen molar-refractivity contribution in [3.63, 3.8) is 0 Å². The van der Waals surface area contributed by atoms with E-state index in [0.29, 0.717) is 23.4 Å². The van der Waals surface area contributed by atoms with Gasteiger partial charge in [0.25, 0.3) is 0 Å². The van der Waals surface area contributed by atoms with Crippen LogP contribution in [0.2, 0.25) is 0 Å². The van der Waals surface area contributed by atoms with Gasteiger partial charge < -0.3 is 18.6 Å². The molecular weight excluding hydrogens is 429 g/mol. The van der Waals surface area contributed by atoms with E-state index in [1.54, 1.807) is 7.11 Å². The molecule has 1 heterocycles. The van der Waals surface area contributed by atoms with Gasteiger partial charge in [0.05, 0.1) is 17.8 Å². The SMILES string of the molecule is COCc1cc(OPI)cc(B2OC(C)(C)C(C)(C)O2)c1C=O. The van der Waals surface area contributed by atoms with Gasteiger partial charge in [0, 0.05) is 12.7 Å².